The molecule has 0 bridgehead atoms. The minimum atomic E-state index is -0.730. The third kappa shape index (κ3) is 4.80. The maximum atomic E-state index is 12.3. The molecule has 142 valence electrons. The number of amides is 1. The van der Waals surface area contributed by atoms with Crippen LogP contribution in [0.4, 0.5) is 0 Å². The molecule has 1 aromatic carbocycles. The van der Waals surface area contributed by atoms with Crippen molar-refractivity contribution >= 4 is 17.7 Å². The second kappa shape index (κ2) is 8.91. The minimum absolute atomic E-state index is 0.123. The van der Waals surface area contributed by atoms with Crippen molar-refractivity contribution < 1.29 is 13.9 Å². The van der Waals surface area contributed by atoms with Crippen molar-refractivity contribution in [3.05, 3.63) is 24.3 Å². The van der Waals surface area contributed by atoms with Crippen LogP contribution in [0.25, 0.3) is 11.5 Å². The number of aromatic nitrogens is 2. The van der Waals surface area contributed by atoms with Crippen LogP contribution in [0.5, 0.6) is 5.75 Å². The molecule has 7 nitrogen and oxygen atoms in total. The van der Waals surface area contributed by atoms with Gasteiger partial charge >= 0.3 is 0 Å². The quantitative estimate of drug-likeness (QED) is 0.726. The Morgan fingerprint density at radius 3 is 2.85 bits per heavy atom. The average molecular weight is 386 g/mol. The summed E-state index contributed by atoms with van der Waals surface area (Å²) in [6.45, 7) is 2.44. The van der Waals surface area contributed by atoms with Gasteiger partial charge in [0.15, 0.2) is 0 Å². The first-order valence-electron chi connectivity index (χ1n) is 9.06. The molecule has 1 heterocycles. The highest BCUT2D eigenvalue weighted by Gasteiger charge is 2.33. The van der Waals surface area contributed by atoms with Crippen LogP contribution in [0.2, 0.25) is 0 Å². The summed E-state index contributed by atoms with van der Waals surface area (Å²) >= 11 is 1.16. The Balaban J connectivity index is 1.60. The molecule has 3 rings (SSSR count). The van der Waals surface area contributed by atoms with E-state index in [-0.39, 0.29) is 11.7 Å². The van der Waals surface area contributed by atoms with Gasteiger partial charge in [0.05, 0.1) is 24.0 Å². The number of thioether (sulfide) groups is 1. The van der Waals surface area contributed by atoms with E-state index in [4.69, 9.17) is 9.15 Å². The molecule has 0 atom stereocenters. The number of carbonyl (C=O) groups is 1. The van der Waals surface area contributed by atoms with Gasteiger partial charge in [0.2, 0.25) is 5.91 Å². The Hall–Kier alpha value is -2.53. The average Bonchev–Trinajstić information content (AvgIpc) is 3.17. The van der Waals surface area contributed by atoms with Crippen molar-refractivity contribution in [2.24, 2.45) is 0 Å². The zero-order valence-corrected chi connectivity index (χ0v) is 16.1. The predicted molar refractivity (Wildman–Crippen MR) is 101 cm³/mol. The number of para-hydroxylation sites is 1. The molecule has 1 amide bonds. The highest BCUT2D eigenvalue weighted by atomic mass is 32.2. The molecule has 27 heavy (non-hydrogen) atoms. The van der Waals surface area contributed by atoms with Gasteiger partial charge in [-0.2, -0.15) is 5.26 Å². The van der Waals surface area contributed by atoms with Gasteiger partial charge in [-0.1, -0.05) is 43.2 Å². The Morgan fingerprint density at radius 1 is 1.33 bits per heavy atom. The fraction of sp³-hybridized carbons (Fsp3) is 0.474. The van der Waals surface area contributed by atoms with Crippen LogP contribution in [-0.4, -0.2) is 34.0 Å². The number of nitrogens with one attached hydrogen (secondary N) is 1. The number of carbonyl (C=O) groups excluding carboxylic acids is 1. The van der Waals surface area contributed by atoms with Crippen molar-refractivity contribution in [3.63, 3.8) is 0 Å². The van der Waals surface area contributed by atoms with E-state index < -0.39 is 5.54 Å². The molecule has 0 saturated heterocycles. The zero-order chi connectivity index (χ0) is 19.1. The summed E-state index contributed by atoms with van der Waals surface area (Å²) < 4.78 is 11.2. The number of benzene rings is 1. The standard InChI is InChI=1S/C19H22N4O3S/c1-2-25-15-9-5-4-8-14(15)17-22-23-18(26-17)27-12-16(24)21-19(13-20)10-6-3-7-11-19/h4-5,8-9H,2-3,6-7,10-12H2,1H3,(H,21,24). The molecular formula is C19H22N4O3S. The van der Waals surface area contributed by atoms with Gasteiger partial charge in [-0.05, 0) is 31.9 Å². The van der Waals surface area contributed by atoms with E-state index in [1.165, 1.54) is 0 Å². The minimum Gasteiger partial charge on any atom is -0.493 e. The van der Waals surface area contributed by atoms with Gasteiger partial charge in [-0.3, -0.25) is 4.79 Å². The fourth-order valence-corrected chi connectivity index (χ4v) is 3.72. The van der Waals surface area contributed by atoms with E-state index in [0.29, 0.717) is 41.9 Å². The lowest BCUT2D eigenvalue weighted by Gasteiger charge is -2.31. The smallest absolute Gasteiger partial charge is 0.277 e. The topological polar surface area (TPSA) is 101 Å². The third-order valence-corrected chi connectivity index (χ3v) is 5.27. The van der Waals surface area contributed by atoms with E-state index >= 15 is 0 Å². The molecule has 0 unspecified atom stereocenters. The predicted octanol–water partition coefficient (Wildman–Crippen LogP) is 3.57. The molecule has 0 radical (unpaired) electrons. The van der Waals surface area contributed by atoms with Crippen LogP contribution in [-0.2, 0) is 4.79 Å². The van der Waals surface area contributed by atoms with Gasteiger partial charge in [0, 0.05) is 0 Å². The van der Waals surface area contributed by atoms with Crippen molar-refractivity contribution in [2.75, 3.05) is 12.4 Å². The fourth-order valence-electron chi connectivity index (χ4n) is 3.15. The maximum Gasteiger partial charge on any atom is 0.277 e. The normalized spacial score (nSPS) is 15.7. The molecule has 1 saturated carbocycles. The molecule has 1 N–H and O–H groups in total. The van der Waals surface area contributed by atoms with E-state index in [1.807, 2.05) is 31.2 Å². The van der Waals surface area contributed by atoms with Crippen LogP contribution < -0.4 is 10.1 Å². The highest BCUT2D eigenvalue weighted by Crippen LogP contribution is 2.31. The largest absolute Gasteiger partial charge is 0.493 e. The van der Waals surface area contributed by atoms with Gasteiger partial charge in [-0.25, -0.2) is 0 Å². The number of hydrogen-bond donors (Lipinski definition) is 1. The first kappa shape index (κ1) is 19.2. The summed E-state index contributed by atoms with van der Waals surface area (Å²) in [6.07, 6.45) is 4.46. The van der Waals surface area contributed by atoms with Crippen molar-refractivity contribution in [1.29, 1.82) is 5.26 Å². The van der Waals surface area contributed by atoms with Gasteiger partial charge in [0.25, 0.3) is 11.1 Å². The van der Waals surface area contributed by atoms with Crippen LogP contribution in [0.3, 0.4) is 0 Å². The molecule has 1 aromatic heterocycles. The van der Waals surface area contributed by atoms with Crippen LogP contribution in [0.15, 0.2) is 33.9 Å². The molecule has 1 aliphatic carbocycles. The van der Waals surface area contributed by atoms with E-state index in [9.17, 15) is 10.1 Å². The number of rotatable bonds is 7. The number of hydrogen-bond acceptors (Lipinski definition) is 7. The first-order valence-corrected chi connectivity index (χ1v) is 10.0. The summed E-state index contributed by atoms with van der Waals surface area (Å²) in [5.74, 6) is 0.949. The SMILES string of the molecule is CCOc1ccccc1-c1nnc(SCC(=O)NC2(C#N)CCCCC2)o1. The molecular weight excluding hydrogens is 364 g/mol. The summed E-state index contributed by atoms with van der Waals surface area (Å²) in [4.78, 5) is 12.3. The van der Waals surface area contributed by atoms with E-state index in [1.54, 1.807) is 0 Å². The van der Waals surface area contributed by atoms with Crippen molar-refractivity contribution in [3.8, 4) is 23.3 Å². The van der Waals surface area contributed by atoms with Crippen LogP contribution in [0.1, 0.15) is 39.0 Å². The Bertz CT molecular complexity index is 824. The molecule has 0 aliphatic heterocycles. The second-order valence-corrected chi connectivity index (χ2v) is 7.32. The molecule has 2 aromatic rings. The highest BCUT2D eigenvalue weighted by molar-refractivity contribution is 7.99. The summed E-state index contributed by atoms with van der Waals surface area (Å²) in [5, 5.41) is 20.7. The maximum absolute atomic E-state index is 12.3. The lowest BCUT2D eigenvalue weighted by molar-refractivity contribution is -0.120. The second-order valence-electron chi connectivity index (χ2n) is 6.39. The van der Waals surface area contributed by atoms with Crippen LogP contribution >= 0.6 is 11.8 Å². The van der Waals surface area contributed by atoms with Crippen molar-refractivity contribution in [1.82, 2.24) is 15.5 Å². The van der Waals surface area contributed by atoms with Gasteiger partial charge in [-0.15, -0.1) is 10.2 Å². The van der Waals surface area contributed by atoms with E-state index in [2.05, 4.69) is 21.6 Å². The Morgan fingerprint density at radius 2 is 2.11 bits per heavy atom. The third-order valence-electron chi connectivity index (χ3n) is 4.45. The van der Waals surface area contributed by atoms with E-state index in [0.717, 1.165) is 31.0 Å². The molecule has 8 heteroatoms. The Kier molecular flexibility index (Phi) is 6.35. The monoisotopic (exact) mass is 386 g/mol. The summed E-state index contributed by atoms with van der Waals surface area (Å²) in [7, 11) is 0. The molecule has 1 fully saturated rings. The van der Waals surface area contributed by atoms with Crippen molar-refractivity contribution in [2.45, 2.75) is 49.8 Å². The van der Waals surface area contributed by atoms with Gasteiger partial charge in [0.1, 0.15) is 11.3 Å². The first-order chi connectivity index (χ1) is 13.2. The molecule has 1 aliphatic rings. The van der Waals surface area contributed by atoms with Crippen LogP contribution in [0, 0.1) is 11.3 Å². The Labute approximate surface area is 162 Å². The lowest BCUT2D eigenvalue weighted by Crippen LogP contribution is -2.49. The summed E-state index contributed by atoms with van der Waals surface area (Å²) in [5.41, 5.74) is -0.0134. The number of nitrogens with zero attached hydrogens (tertiary/aromatic N) is 3. The summed E-state index contributed by atoms with van der Waals surface area (Å²) in [6, 6.07) is 9.72. The van der Waals surface area contributed by atoms with Gasteiger partial charge < -0.3 is 14.5 Å². The number of ether oxygens (including phenoxy) is 1. The number of nitriles is 1. The zero-order valence-electron chi connectivity index (χ0n) is 15.2. The molecule has 0 spiro atoms. The lowest BCUT2D eigenvalue weighted by atomic mass is 9.83.